The number of hydrogen-bond donors (Lipinski definition) is 0. The van der Waals surface area contributed by atoms with Gasteiger partial charge in [-0.25, -0.2) is 9.37 Å². The second-order valence-corrected chi connectivity index (χ2v) is 7.42. The zero-order valence-corrected chi connectivity index (χ0v) is 17.0. The highest BCUT2D eigenvalue weighted by Gasteiger charge is 2.17. The van der Waals surface area contributed by atoms with Crippen molar-refractivity contribution < 1.29 is 9.13 Å². The van der Waals surface area contributed by atoms with Gasteiger partial charge in [0.2, 0.25) is 0 Å². The zero-order valence-electron chi connectivity index (χ0n) is 17.0. The van der Waals surface area contributed by atoms with E-state index in [2.05, 4.69) is 4.98 Å². The average molecular weight is 413 g/mol. The lowest BCUT2D eigenvalue weighted by molar-refractivity contribution is 0.414. The fourth-order valence-corrected chi connectivity index (χ4v) is 3.95. The molecule has 0 atom stereocenters. The maximum atomic E-state index is 14.4. The number of rotatable bonds is 5. The van der Waals surface area contributed by atoms with Gasteiger partial charge in [-0.05, 0) is 29.8 Å². The van der Waals surface area contributed by atoms with Crippen molar-refractivity contribution in [3.05, 3.63) is 106 Å². The first-order valence-corrected chi connectivity index (χ1v) is 9.98. The minimum absolute atomic E-state index is 0.159. The van der Waals surface area contributed by atoms with E-state index in [1.54, 1.807) is 36.2 Å². The topological polar surface area (TPSA) is 49.0 Å². The van der Waals surface area contributed by atoms with Crippen molar-refractivity contribution in [1.82, 2.24) is 14.1 Å². The van der Waals surface area contributed by atoms with Gasteiger partial charge < -0.3 is 9.30 Å². The van der Waals surface area contributed by atoms with Crippen LogP contribution in [0.15, 0.2) is 83.9 Å². The van der Waals surface area contributed by atoms with Crippen LogP contribution in [-0.4, -0.2) is 21.2 Å². The molecule has 2 aromatic heterocycles. The van der Waals surface area contributed by atoms with Crippen molar-refractivity contribution in [3.8, 4) is 5.75 Å². The van der Waals surface area contributed by atoms with Crippen molar-refractivity contribution in [3.63, 3.8) is 0 Å². The number of hydrogen-bond acceptors (Lipinski definition) is 3. The summed E-state index contributed by atoms with van der Waals surface area (Å²) < 4.78 is 23.0. The third-order valence-electron chi connectivity index (χ3n) is 5.53. The van der Waals surface area contributed by atoms with E-state index in [-0.39, 0.29) is 17.9 Å². The Kier molecular flexibility index (Phi) is 4.75. The van der Waals surface area contributed by atoms with Crippen LogP contribution in [0.1, 0.15) is 11.1 Å². The minimum Gasteiger partial charge on any atom is -0.497 e. The van der Waals surface area contributed by atoms with Gasteiger partial charge in [-0.2, -0.15) is 0 Å². The molecule has 0 saturated heterocycles. The molecule has 0 N–H and O–H groups in total. The van der Waals surface area contributed by atoms with Crippen LogP contribution in [0, 0.1) is 5.82 Å². The minimum atomic E-state index is -0.295. The van der Waals surface area contributed by atoms with Crippen LogP contribution in [0.5, 0.6) is 5.75 Å². The van der Waals surface area contributed by atoms with Crippen LogP contribution in [0.3, 0.4) is 0 Å². The number of ether oxygens (including phenoxy) is 1. The van der Waals surface area contributed by atoms with Gasteiger partial charge in [-0.15, -0.1) is 0 Å². The van der Waals surface area contributed by atoms with E-state index in [1.807, 2.05) is 53.1 Å². The van der Waals surface area contributed by atoms with Crippen molar-refractivity contribution in [2.24, 2.45) is 0 Å². The monoisotopic (exact) mass is 413 g/mol. The molecule has 5 rings (SSSR count). The lowest BCUT2D eigenvalue weighted by Crippen LogP contribution is -2.23. The van der Waals surface area contributed by atoms with Gasteiger partial charge in [0.05, 0.1) is 32.0 Å². The molecule has 0 aliphatic rings. The van der Waals surface area contributed by atoms with E-state index in [1.165, 1.54) is 6.07 Å². The molecule has 6 heteroatoms. The number of aromatic nitrogens is 3. The Balaban J connectivity index is 1.67. The molecule has 154 valence electrons. The highest BCUT2D eigenvalue weighted by atomic mass is 19.1. The molecule has 0 unspecified atom stereocenters. The predicted octanol–water partition coefficient (Wildman–Crippen LogP) is 4.60. The second kappa shape index (κ2) is 7.72. The summed E-state index contributed by atoms with van der Waals surface area (Å²) in [5.74, 6) is 0.463. The maximum Gasteiger partial charge on any atom is 0.278 e. The van der Waals surface area contributed by atoms with E-state index in [0.29, 0.717) is 23.1 Å². The third-order valence-corrected chi connectivity index (χ3v) is 5.53. The Morgan fingerprint density at radius 2 is 1.68 bits per heavy atom. The second-order valence-electron chi connectivity index (χ2n) is 7.42. The van der Waals surface area contributed by atoms with Crippen LogP contribution in [-0.2, 0) is 13.1 Å². The summed E-state index contributed by atoms with van der Waals surface area (Å²) in [7, 11) is 1.62. The Hall–Kier alpha value is -3.93. The first-order chi connectivity index (χ1) is 15.2. The van der Waals surface area contributed by atoms with Gasteiger partial charge in [0, 0.05) is 10.9 Å². The van der Waals surface area contributed by atoms with E-state index in [4.69, 9.17) is 4.74 Å². The molecule has 0 spiro atoms. The molecule has 0 amide bonds. The molecular weight excluding hydrogens is 393 g/mol. The SMILES string of the molecule is COc1ccc(Cn2cnc3c4ccccc4n(Cc4ccccc4F)c3c2=O)cc1. The largest absolute Gasteiger partial charge is 0.497 e. The van der Waals surface area contributed by atoms with Gasteiger partial charge in [-0.1, -0.05) is 48.5 Å². The Morgan fingerprint density at radius 3 is 2.45 bits per heavy atom. The molecule has 0 aliphatic carbocycles. The van der Waals surface area contributed by atoms with Crippen molar-refractivity contribution in [2.75, 3.05) is 7.11 Å². The van der Waals surface area contributed by atoms with Crippen molar-refractivity contribution in [2.45, 2.75) is 13.1 Å². The zero-order chi connectivity index (χ0) is 21.4. The van der Waals surface area contributed by atoms with E-state index in [9.17, 15) is 9.18 Å². The number of fused-ring (bicyclic) bond motifs is 3. The van der Waals surface area contributed by atoms with Gasteiger partial charge >= 0.3 is 0 Å². The summed E-state index contributed by atoms with van der Waals surface area (Å²) in [6, 6.07) is 21.9. The first kappa shape index (κ1) is 19.1. The Morgan fingerprint density at radius 1 is 0.935 bits per heavy atom. The van der Waals surface area contributed by atoms with Crippen molar-refractivity contribution >= 4 is 21.9 Å². The molecule has 0 saturated carbocycles. The van der Waals surface area contributed by atoms with Crippen LogP contribution < -0.4 is 10.3 Å². The molecule has 5 aromatic rings. The number of halogens is 1. The smallest absolute Gasteiger partial charge is 0.278 e. The fraction of sp³-hybridized carbons (Fsp3) is 0.120. The number of methoxy groups -OCH3 is 1. The molecule has 0 aliphatic heterocycles. The maximum absolute atomic E-state index is 14.4. The van der Waals surface area contributed by atoms with Crippen LogP contribution in [0.25, 0.3) is 21.9 Å². The summed E-state index contributed by atoms with van der Waals surface area (Å²) in [6.07, 6.45) is 1.58. The lowest BCUT2D eigenvalue weighted by atomic mass is 10.2. The van der Waals surface area contributed by atoms with Crippen LogP contribution >= 0.6 is 0 Å². The highest BCUT2D eigenvalue weighted by Crippen LogP contribution is 2.26. The number of benzene rings is 3. The quantitative estimate of drug-likeness (QED) is 0.423. The number of para-hydroxylation sites is 1. The van der Waals surface area contributed by atoms with Crippen LogP contribution in [0.2, 0.25) is 0 Å². The van der Waals surface area contributed by atoms with Gasteiger partial charge in [0.15, 0.2) is 0 Å². The van der Waals surface area contributed by atoms with E-state index >= 15 is 0 Å². The standard InChI is InChI=1S/C25H20FN3O2/c1-31-19-12-10-17(11-13-19)14-28-16-27-23-20-7-3-5-9-22(20)29(24(23)25(28)30)15-18-6-2-4-8-21(18)26/h2-13,16H,14-15H2,1H3. The fourth-order valence-electron chi connectivity index (χ4n) is 3.95. The van der Waals surface area contributed by atoms with Gasteiger partial charge in [-0.3, -0.25) is 9.36 Å². The lowest BCUT2D eigenvalue weighted by Gasteiger charge is -2.10. The molecule has 2 heterocycles. The molecular formula is C25H20FN3O2. The summed E-state index contributed by atoms with van der Waals surface area (Å²) in [5.41, 5.74) is 3.28. The average Bonchev–Trinajstić information content (AvgIpc) is 3.12. The molecule has 0 bridgehead atoms. The first-order valence-electron chi connectivity index (χ1n) is 9.98. The highest BCUT2D eigenvalue weighted by molar-refractivity contribution is 6.05. The molecule has 0 radical (unpaired) electrons. The van der Waals surface area contributed by atoms with Crippen molar-refractivity contribution in [1.29, 1.82) is 0 Å². The summed E-state index contributed by atoms with van der Waals surface area (Å²) >= 11 is 0. The Labute approximate surface area is 178 Å². The Bertz CT molecular complexity index is 1450. The van der Waals surface area contributed by atoms with E-state index in [0.717, 1.165) is 22.2 Å². The molecule has 31 heavy (non-hydrogen) atoms. The molecule has 0 fully saturated rings. The molecule has 3 aromatic carbocycles. The third kappa shape index (κ3) is 3.36. The van der Waals surface area contributed by atoms with E-state index < -0.39 is 0 Å². The van der Waals surface area contributed by atoms with Gasteiger partial charge in [0.1, 0.15) is 22.6 Å². The summed E-state index contributed by atoms with van der Waals surface area (Å²) in [5, 5.41) is 0.877. The summed E-state index contributed by atoms with van der Waals surface area (Å²) in [6.45, 7) is 0.632. The van der Waals surface area contributed by atoms with Crippen LogP contribution in [0.4, 0.5) is 4.39 Å². The normalized spacial score (nSPS) is 11.3. The summed E-state index contributed by atoms with van der Waals surface area (Å²) in [4.78, 5) is 18.1. The van der Waals surface area contributed by atoms with Gasteiger partial charge in [0.25, 0.3) is 5.56 Å². The number of nitrogens with zero attached hydrogens (tertiary/aromatic N) is 3. The molecule has 5 nitrogen and oxygen atoms in total. The predicted molar refractivity (Wildman–Crippen MR) is 119 cm³/mol.